The predicted octanol–water partition coefficient (Wildman–Crippen LogP) is 2.07. The number of rotatable bonds is 5. The lowest BCUT2D eigenvalue weighted by Crippen LogP contribution is -2.32. The van der Waals surface area contributed by atoms with E-state index in [-0.39, 0.29) is 11.7 Å². The first kappa shape index (κ1) is 16.8. The van der Waals surface area contributed by atoms with E-state index in [0.717, 1.165) is 17.8 Å². The molecule has 2 aromatic rings. The molecule has 130 valence electrons. The Labute approximate surface area is 141 Å². The van der Waals surface area contributed by atoms with E-state index in [1.165, 1.54) is 19.3 Å². The lowest BCUT2D eigenvalue weighted by Gasteiger charge is -2.28. The Hall–Kier alpha value is -2.02. The van der Waals surface area contributed by atoms with E-state index in [4.69, 9.17) is 4.74 Å². The third kappa shape index (κ3) is 3.72. The second-order valence-corrected chi connectivity index (χ2v) is 6.61. The summed E-state index contributed by atoms with van der Waals surface area (Å²) in [5.74, 6) is 0.900. The van der Waals surface area contributed by atoms with Crippen LogP contribution in [0.2, 0.25) is 0 Å². The van der Waals surface area contributed by atoms with E-state index in [0.29, 0.717) is 31.0 Å². The van der Waals surface area contributed by atoms with Crippen LogP contribution in [0.15, 0.2) is 6.07 Å². The fourth-order valence-corrected chi connectivity index (χ4v) is 3.25. The number of fused-ring (bicyclic) bond motifs is 1. The van der Waals surface area contributed by atoms with Crippen LogP contribution in [0.1, 0.15) is 54.6 Å². The molecule has 2 heterocycles. The van der Waals surface area contributed by atoms with Crippen molar-refractivity contribution in [3.8, 4) is 0 Å². The fourth-order valence-electron chi connectivity index (χ4n) is 3.25. The number of carbonyl (C=O) groups is 1. The van der Waals surface area contributed by atoms with Crippen LogP contribution in [0.3, 0.4) is 0 Å². The molecule has 7 nitrogen and oxygen atoms in total. The van der Waals surface area contributed by atoms with Gasteiger partial charge in [-0.05, 0) is 38.7 Å². The number of carbonyl (C=O) groups excluding carboxylic acids is 1. The third-order valence-corrected chi connectivity index (χ3v) is 4.57. The molecule has 24 heavy (non-hydrogen) atoms. The molecule has 1 amide bonds. The molecule has 7 heteroatoms. The first-order valence-electron chi connectivity index (χ1n) is 8.65. The SMILES string of the molecule is Cc1cc(C)n2nc(C(=O)NCCO[C@@H]3CCCC[C@H]3C)nc2n1. The van der Waals surface area contributed by atoms with E-state index in [1.54, 1.807) is 4.52 Å². The van der Waals surface area contributed by atoms with Crippen molar-refractivity contribution in [1.29, 1.82) is 0 Å². The van der Waals surface area contributed by atoms with Crippen molar-refractivity contribution in [2.45, 2.75) is 52.6 Å². The van der Waals surface area contributed by atoms with Crippen LogP contribution in [0.25, 0.3) is 5.78 Å². The zero-order valence-corrected chi connectivity index (χ0v) is 14.6. The predicted molar refractivity (Wildman–Crippen MR) is 90.0 cm³/mol. The Kier molecular flexibility index (Phi) is 5.08. The van der Waals surface area contributed by atoms with Gasteiger partial charge in [0.2, 0.25) is 5.82 Å². The van der Waals surface area contributed by atoms with Gasteiger partial charge in [-0.1, -0.05) is 19.8 Å². The second-order valence-electron chi connectivity index (χ2n) is 6.61. The summed E-state index contributed by atoms with van der Waals surface area (Å²) in [6.07, 6.45) is 5.20. The summed E-state index contributed by atoms with van der Waals surface area (Å²) in [6, 6.07) is 1.91. The summed E-state index contributed by atoms with van der Waals surface area (Å²) in [5.41, 5.74) is 1.76. The van der Waals surface area contributed by atoms with Crippen molar-refractivity contribution in [3.05, 3.63) is 23.3 Å². The maximum atomic E-state index is 12.2. The molecule has 0 spiro atoms. The summed E-state index contributed by atoms with van der Waals surface area (Å²) in [5, 5.41) is 7.04. The van der Waals surface area contributed by atoms with Gasteiger partial charge in [0.05, 0.1) is 12.7 Å². The summed E-state index contributed by atoms with van der Waals surface area (Å²) < 4.78 is 7.49. The quantitative estimate of drug-likeness (QED) is 0.848. The highest BCUT2D eigenvalue weighted by Gasteiger charge is 2.21. The van der Waals surface area contributed by atoms with Gasteiger partial charge in [0.15, 0.2) is 0 Å². The average molecular weight is 331 g/mol. The van der Waals surface area contributed by atoms with E-state index < -0.39 is 0 Å². The highest BCUT2D eigenvalue weighted by molar-refractivity contribution is 5.90. The van der Waals surface area contributed by atoms with Crippen molar-refractivity contribution in [2.24, 2.45) is 5.92 Å². The molecule has 1 saturated carbocycles. The van der Waals surface area contributed by atoms with Gasteiger partial charge in [-0.15, -0.1) is 5.10 Å². The standard InChI is InChI=1S/C17H25N5O2/c1-11-6-4-5-7-14(11)24-9-8-18-16(23)15-20-17-19-12(2)10-13(3)22(17)21-15/h10-11,14H,4-9H2,1-3H3,(H,18,23)/t11-,14-/m1/s1. The van der Waals surface area contributed by atoms with Gasteiger partial charge in [0.1, 0.15) is 0 Å². The van der Waals surface area contributed by atoms with E-state index in [1.807, 2.05) is 19.9 Å². The number of hydrogen-bond donors (Lipinski definition) is 1. The van der Waals surface area contributed by atoms with Gasteiger partial charge in [-0.25, -0.2) is 9.50 Å². The maximum Gasteiger partial charge on any atom is 0.291 e. The molecule has 0 aromatic carbocycles. The lowest BCUT2D eigenvalue weighted by atomic mass is 9.88. The Morgan fingerprint density at radius 2 is 2.12 bits per heavy atom. The van der Waals surface area contributed by atoms with Crippen molar-refractivity contribution in [1.82, 2.24) is 24.9 Å². The number of aryl methyl sites for hydroxylation is 2. The van der Waals surface area contributed by atoms with E-state index >= 15 is 0 Å². The number of nitrogens with zero attached hydrogens (tertiary/aromatic N) is 4. The number of nitrogens with one attached hydrogen (secondary N) is 1. The van der Waals surface area contributed by atoms with Crippen LogP contribution in [-0.2, 0) is 4.74 Å². The Bertz CT molecular complexity index is 727. The molecule has 1 N–H and O–H groups in total. The number of amides is 1. The Morgan fingerprint density at radius 1 is 1.33 bits per heavy atom. The molecule has 0 bridgehead atoms. The average Bonchev–Trinajstić information content (AvgIpc) is 2.97. The van der Waals surface area contributed by atoms with Gasteiger partial charge < -0.3 is 10.1 Å². The normalized spacial score (nSPS) is 21.1. The molecule has 0 unspecified atom stereocenters. The van der Waals surface area contributed by atoms with Crippen LogP contribution in [-0.4, -0.2) is 44.7 Å². The first-order chi connectivity index (χ1) is 11.5. The lowest BCUT2D eigenvalue weighted by molar-refractivity contribution is -0.00296. The zero-order valence-electron chi connectivity index (χ0n) is 14.6. The number of hydrogen-bond acceptors (Lipinski definition) is 5. The van der Waals surface area contributed by atoms with Gasteiger partial charge in [-0.3, -0.25) is 4.79 Å². The molecule has 1 fully saturated rings. The molecule has 0 radical (unpaired) electrons. The molecule has 0 aliphatic heterocycles. The van der Waals surface area contributed by atoms with Gasteiger partial charge >= 0.3 is 0 Å². The van der Waals surface area contributed by atoms with Crippen LogP contribution in [0.4, 0.5) is 0 Å². The molecule has 2 atom stereocenters. The minimum atomic E-state index is -0.294. The smallest absolute Gasteiger partial charge is 0.291 e. The summed E-state index contributed by atoms with van der Waals surface area (Å²) in [4.78, 5) is 20.7. The van der Waals surface area contributed by atoms with Crippen LogP contribution in [0.5, 0.6) is 0 Å². The van der Waals surface area contributed by atoms with Gasteiger partial charge in [-0.2, -0.15) is 4.98 Å². The molecule has 1 aliphatic carbocycles. The minimum Gasteiger partial charge on any atom is -0.376 e. The van der Waals surface area contributed by atoms with Crippen molar-refractivity contribution in [2.75, 3.05) is 13.2 Å². The third-order valence-electron chi connectivity index (χ3n) is 4.57. The monoisotopic (exact) mass is 331 g/mol. The maximum absolute atomic E-state index is 12.2. The molecule has 0 saturated heterocycles. The molecule has 3 rings (SSSR count). The zero-order chi connectivity index (χ0) is 17.1. The molecular formula is C17H25N5O2. The number of aromatic nitrogens is 4. The van der Waals surface area contributed by atoms with Crippen molar-refractivity contribution >= 4 is 11.7 Å². The van der Waals surface area contributed by atoms with E-state index in [9.17, 15) is 4.79 Å². The molecule has 1 aliphatic rings. The fraction of sp³-hybridized carbons (Fsp3) is 0.647. The highest BCUT2D eigenvalue weighted by Crippen LogP contribution is 2.25. The Balaban J connectivity index is 1.53. The van der Waals surface area contributed by atoms with Crippen LogP contribution >= 0.6 is 0 Å². The number of ether oxygens (including phenoxy) is 1. The summed E-state index contributed by atoms with van der Waals surface area (Å²) in [6.45, 7) is 7.02. The topological polar surface area (TPSA) is 81.4 Å². The van der Waals surface area contributed by atoms with Crippen LogP contribution in [0, 0.1) is 19.8 Å². The van der Waals surface area contributed by atoms with Crippen molar-refractivity contribution < 1.29 is 9.53 Å². The summed E-state index contributed by atoms with van der Waals surface area (Å²) >= 11 is 0. The Morgan fingerprint density at radius 3 is 2.92 bits per heavy atom. The van der Waals surface area contributed by atoms with Gasteiger partial charge in [0, 0.05) is 17.9 Å². The second kappa shape index (κ2) is 7.25. The largest absolute Gasteiger partial charge is 0.376 e. The highest BCUT2D eigenvalue weighted by atomic mass is 16.5. The van der Waals surface area contributed by atoms with E-state index in [2.05, 4.69) is 27.3 Å². The van der Waals surface area contributed by atoms with Gasteiger partial charge in [0.25, 0.3) is 11.7 Å². The first-order valence-corrected chi connectivity index (χ1v) is 8.65. The molecular weight excluding hydrogens is 306 g/mol. The molecule has 2 aromatic heterocycles. The van der Waals surface area contributed by atoms with Crippen molar-refractivity contribution in [3.63, 3.8) is 0 Å². The minimum absolute atomic E-state index is 0.141. The summed E-state index contributed by atoms with van der Waals surface area (Å²) in [7, 11) is 0. The van der Waals surface area contributed by atoms with Crippen LogP contribution < -0.4 is 5.32 Å².